The van der Waals surface area contributed by atoms with Gasteiger partial charge in [0.1, 0.15) is 0 Å². The summed E-state index contributed by atoms with van der Waals surface area (Å²) in [5.41, 5.74) is 9.08. The van der Waals surface area contributed by atoms with Crippen LogP contribution in [0.25, 0.3) is 5.57 Å². The standard InChI is InChI=1S/C20H28N4O2/c1-20(2)9-7-13(8-10-20)17-15(18(21)25)5-6-16(22-17)14-11-23(3)19(26)24(4)12-14/h5-7,14H,8-12H2,1-4H3,(H2,21,25). The molecular formula is C20H28N4O2. The molecule has 1 aromatic heterocycles. The predicted molar refractivity (Wildman–Crippen MR) is 102 cm³/mol. The maximum Gasteiger partial charge on any atom is 0.319 e. The number of aromatic nitrogens is 1. The zero-order valence-corrected chi connectivity index (χ0v) is 16.1. The van der Waals surface area contributed by atoms with Crippen molar-refractivity contribution in [2.24, 2.45) is 11.1 Å². The van der Waals surface area contributed by atoms with Crippen molar-refractivity contribution in [3.63, 3.8) is 0 Å². The molecule has 140 valence electrons. The Bertz CT molecular complexity index is 755. The van der Waals surface area contributed by atoms with Crippen LogP contribution in [-0.4, -0.2) is 53.9 Å². The van der Waals surface area contributed by atoms with Crippen LogP contribution >= 0.6 is 0 Å². The largest absolute Gasteiger partial charge is 0.366 e. The second kappa shape index (κ2) is 6.74. The number of pyridine rings is 1. The fourth-order valence-corrected chi connectivity index (χ4v) is 3.79. The van der Waals surface area contributed by atoms with Crippen molar-refractivity contribution < 1.29 is 9.59 Å². The number of primary amides is 1. The van der Waals surface area contributed by atoms with Crippen LogP contribution in [-0.2, 0) is 0 Å². The van der Waals surface area contributed by atoms with Crippen LogP contribution in [0.15, 0.2) is 18.2 Å². The molecule has 0 saturated carbocycles. The lowest BCUT2D eigenvalue weighted by atomic mass is 9.77. The van der Waals surface area contributed by atoms with Gasteiger partial charge < -0.3 is 15.5 Å². The molecule has 0 unspecified atom stereocenters. The van der Waals surface area contributed by atoms with Crippen molar-refractivity contribution in [2.75, 3.05) is 27.2 Å². The van der Waals surface area contributed by atoms with E-state index in [1.807, 2.05) is 6.07 Å². The average molecular weight is 356 g/mol. The van der Waals surface area contributed by atoms with Crippen LogP contribution in [0, 0.1) is 5.41 Å². The lowest BCUT2D eigenvalue weighted by Gasteiger charge is -2.36. The van der Waals surface area contributed by atoms with Crippen LogP contribution in [0.5, 0.6) is 0 Å². The van der Waals surface area contributed by atoms with Gasteiger partial charge in [-0.15, -0.1) is 0 Å². The molecule has 26 heavy (non-hydrogen) atoms. The molecule has 0 bridgehead atoms. The van der Waals surface area contributed by atoms with Crippen LogP contribution < -0.4 is 5.73 Å². The smallest absolute Gasteiger partial charge is 0.319 e. The van der Waals surface area contributed by atoms with Gasteiger partial charge >= 0.3 is 6.03 Å². The van der Waals surface area contributed by atoms with Gasteiger partial charge in [0.25, 0.3) is 5.91 Å². The molecule has 3 amide bonds. The van der Waals surface area contributed by atoms with Gasteiger partial charge in [0.15, 0.2) is 0 Å². The number of hydrogen-bond donors (Lipinski definition) is 1. The number of hydrogen-bond acceptors (Lipinski definition) is 3. The van der Waals surface area contributed by atoms with Crippen LogP contribution in [0.1, 0.15) is 60.8 Å². The Morgan fingerprint density at radius 2 is 1.88 bits per heavy atom. The van der Waals surface area contributed by atoms with E-state index in [2.05, 4.69) is 19.9 Å². The summed E-state index contributed by atoms with van der Waals surface area (Å²) < 4.78 is 0. The fourth-order valence-electron chi connectivity index (χ4n) is 3.79. The number of carbonyl (C=O) groups excluding carboxylic acids is 2. The fraction of sp³-hybridized carbons (Fsp3) is 0.550. The highest BCUT2D eigenvalue weighted by molar-refractivity contribution is 5.97. The van der Waals surface area contributed by atoms with E-state index in [0.29, 0.717) is 24.3 Å². The number of amides is 3. The van der Waals surface area contributed by atoms with Gasteiger partial charge in [-0.05, 0) is 42.4 Å². The van der Waals surface area contributed by atoms with E-state index in [1.54, 1.807) is 30.0 Å². The average Bonchev–Trinajstić information content (AvgIpc) is 2.58. The lowest BCUT2D eigenvalue weighted by molar-refractivity contribution is 0.0999. The summed E-state index contributed by atoms with van der Waals surface area (Å²) in [6.07, 6.45) is 5.12. The Balaban J connectivity index is 1.96. The minimum absolute atomic E-state index is 0.0208. The van der Waals surface area contributed by atoms with Crippen LogP contribution in [0.2, 0.25) is 0 Å². The summed E-state index contributed by atoms with van der Waals surface area (Å²) in [7, 11) is 3.60. The van der Waals surface area contributed by atoms with E-state index in [9.17, 15) is 9.59 Å². The molecular weight excluding hydrogens is 328 g/mol. The van der Waals surface area contributed by atoms with Crippen molar-refractivity contribution in [1.82, 2.24) is 14.8 Å². The minimum Gasteiger partial charge on any atom is -0.366 e. The molecule has 0 radical (unpaired) electrons. The quantitative estimate of drug-likeness (QED) is 0.904. The molecule has 0 aromatic carbocycles. The molecule has 1 aliphatic carbocycles. The number of rotatable bonds is 3. The summed E-state index contributed by atoms with van der Waals surface area (Å²) in [5, 5.41) is 0. The van der Waals surface area contributed by atoms with E-state index >= 15 is 0 Å². The van der Waals surface area contributed by atoms with Gasteiger partial charge in [-0.25, -0.2) is 4.79 Å². The van der Waals surface area contributed by atoms with Gasteiger partial charge in [-0.1, -0.05) is 19.9 Å². The molecule has 2 N–H and O–H groups in total. The van der Waals surface area contributed by atoms with E-state index in [1.165, 1.54) is 0 Å². The lowest BCUT2D eigenvalue weighted by Crippen LogP contribution is -2.49. The highest BCUT2D eigenvalue weighted by Crippen LogP contribution is 2.38. The Kier molecular flexibility index (Phi) is 4.78. The van der Waals surface area contributed by atoms with E-state index < -0.39 is 5.91 Å². The van der Waals surface area contributed by atoms with Crippen molar-refractivity contribution in [1.29, 1.82) is 0 Å². The first kappa shape index (κ1) is 18.4. The van der Waals surface area contributed by atoms with Gasteiger partial charge in [0.05, 0.1) is 11.3 Å². The maximum atomic E-state index is 12.0. The molecule has 3 rings (SSSR count). The number of likely N-dealkylation sites (N-methyl/N-ethyl adjacent to an activating group) is 2. The SMILES string of the molecule is CN1CC(c2ccc(C(N)=O)c(C3=CCC(C)(C)CC3)n2)CN(C)C1=O. The Labute approximate surface area is 155 Å². The highest BCUT2D eigenvalue weighted by Gasteiger charge is 2.30. The predicted octanol–water partition coefficient (Wildman–Crippen LogP) is 2.85. The second-order valence-electron chi connectivity index (χ2n) is 8.33. The van der Waals surface area contributed by atoms with E-state index in [4.69, 9.17) is 10.7 Å². The summed E-state index contributed by atoms with van der Waals surface area (Å²) in [6, 6.07) is 3.68. The van der Waals surface area contributed by atoms with Crippen LogP contribution in [0.4, 0.5) is 4.79 Å². The molecule has 2 aliphatic rings. The summed E-state index contributed by atoms with van der Waals surface area (Å²) in [6.45, 7) is 5.75. The number of nitrogens with two attached hydrogens (primary N) is 1. The van der Waals surface area contributed by atoms with E-state index in [0.717, 1.165) is 30.5 Å². The Hall–Kier alpha value is -2.37. The molecule has 6 nitrogen and oxygen atoms in total. The van der Waals surface area contributed by atoms with E-state index in [-0.39, 0.29) is 17.4 Å². The van der Waals surface area contributed by atoms with Gasteiger partial charge in [-0.2, -0.15) is 0 Å². The minimum atomic E-state index is -0.446. The molecule has 6 heteroatoms. The Morgan fingerprint density at radius 1 is 1.23 bits per heavy atom. The summed E-state index contributed by atoms with van der Waals surface area (Å²) in [4.78, 5) is 32.2. The molecule has 1 saturated heterocycles. The molecule has 1 aromatic rings. The normalized spacial score (nSPS) is 20.9. The van der Waals surface area contributed by atoms with Gasteiger partial charge in [-0.3, -0.25) is 9.78 Å². The number of nitrogens with zero attached hydrogens (tertiary/aromatic N) is 3. The number of carbonyl (C=O) groups is 2. The molecule has 1 fully saturated rings. The number of allylic oxidation sites excluding steroid dienone is 2. The molecule has 1 aliphatic heterocycles. The topological polar surface area (TPSA) is 79.5 Å². The van der Waals surface area contributed by atoms with Crippen molar-refractivity contribution >= 4 is 17.5 Å². The molecule has 2 heterocycles. The zero-order chi connectivity index (χ0) is 19.1. The van der Waals surface area contributed by atoms with Gasteiger partial charge in [0.2, 0.25) is 0 Å². The Morgan fingerprint density at radius 3 is 2.42 bits per heavy atom. The molecule has 0 spiro atoms. The molecule has 0 atom stereocenters. The second-order valence-corrected chi connectivity index (χ2v) is 8.33. The zero-order valence-electron chi connectivity index (χ0n) is 16.1. The first-order chi connectivity index (χ1) is 12.2. The number of urea groups is 1. The van der Waals surface area contributed by atoms with Crippen molar-refractivity contribution in [3.8, 4) is 0 Å². The van der Waals surface area contributed by atoms with Crippen LogP contribution in [0.3, 0.4) is 0 Å². The van der Waals surface area contributed by atoms with Crippen molar-refractivity contribution in [3.05, 3.63) is 35.2 Å². The maximum absolute atomic E-state index is 12.0. The van der Waals surface area contributed by atoms with Crippen molar-refractivity contribution in [2.45, 2.75) is 39.0 Å². The first-order valence-corrected chi connectivity index (χ1v) is 9.14. The monoisotopic (exact) mass is 356 g/mol. The third-order valence-electron chi connectivity index (χ3n) is 5.52. The highest BCUT2D eigenvalue weighted by atomic mass is 16.2. The third kappa shape index (κ3) is 3.59. The third-order valence-corrected chi connectivity index (χ3v) is 5.52. The first-order valence-electron chi connectivity index (χ1n) is 9.14. The summed E-state index contributed by atoms with van der Waals surface area (Å²) in [5.74, 6) is -0.332. The summed E-state index contributed by atoms with van der Waals surface area (Å²) >= 11 is 0. The van der Waals surface area contributed by atoms with Gasteiger partial charge in [0, 0.05) is 38.8 Å².